The Morgan fingerprint density at radius 3 is 2.42 bits per heavy atom. The molecule has 5 nitrogen and oxygen atoms in total. The molecule has 1 aliphatic rings. The number of carbonyl (C=O) groups is 2. The number of nitrogens with zero attached hydrogens (tertiary/aromatic N) is 2. The van der Waals surface area contributed by atoms with E-state index in [1.165, 1.54) is 16.7 Å². The van der Waals surface area contributed by atoms with Crippen LogP contribution in [0.5, 0.6) is 0 Å². The molecule has 0 aliphatic carbocycles. The topological polar surface area (TPSA) is 61.8 Å². The number of hydrogen-bond donors (Lipinski definition) is 1. The Balaban J connectivity index is 1.84. The van der Waals surface area contributed by atoms with E-state index in [2.05, 4.69) is 33.2 Å². The average molecular weight is 430 g/mol. The van der Waals surface area contributed by atoms with Gasteiger partial charge in [0.15, 0.2) is 11.0 Å². The summed E-state index contributed by atoms with van der Waals surface area (Å²) in [6.45, 7) is 2.07. The Morgan fingerprint density at radius 1 is 1.15 bits per heavy atom. The van der Waals surface area contributed by atoms with Crippen LogP contribution in [-0.4, -0.2) is 23.1 Å². The predicted molar refractivity (Wildman–Crippen MR) is 110 cm³/mol. The quantitative estimate of drug-likeness (QED) is 0.456. The van der Waals surface area contributed by atoms with Crippen LogP contribution in [0.3, 0.4) is 0 Å². The lowest BCUT2D eigenvalue weighted by atomic mass is 10.1. The van der Waals surface area contributed by atoms with Gasteiger partial charge in [-0.3, -0.25) is 19.5 Å². The molecular weight excluding hydrogens is 414 g/mol. The van der Waals surface area contributed by atoms with Crippen molar-refractivity contribution in [2.24, 2.45) is 10.9 Å². The second kappa shape index (κ2) is 7.88. The molecule has 1 fully saturated rings. The minimum absolute atomic E-state index is 0.0688. The lowest BCUT2D eigenvalue weighted by Gasteiger charge is -2.30. The number of rotatable bonds is 4. The zero-order chi connectivity index (χ0) is 18.7. The minimum Gasteiger partial charge on any atom is -0.301 e. The number of amides is 2. The summed E-state index contributed by atoms with van der Waals surface area (Å²) in [5, 5.41) is 2.64. The van der Waals surface area contributed by atoms with E-state index in [0.29, 0.717) is 11.4 Å². The van der Waals surface area contributed by atoms with E-state index in [9.17, 15) is 9.59 Å². The van der Waals surface area contributed by atoms with Gasteiger partial charge in [0, 0.05) is 10.7 Å². The molecule has 1 N–H and O–H groups in total. The summed E-state index contributed by atoms with van der Waals surface area (Å²) in [6.07, 6.45) is 2.30. The number of thiocarbonyl (C=S) groups is 1. The van der Waals surface area contributed by atoms with E-state index in [4.69, 9.17) is 12.2 Å². The SMILES string of the molecule is CCc1ccc(N=C[C@H]2C(=O)NC(=S)N(c3ccc(Br)cc3)C2=O)cc1. The Morgan fingerprint density at radius 2 is 1.81 bits per heavy atom. The second-order valence-corrected chi connectivity index (χ2v) is 7.02. The molecule has 3 rings (SSSR count). The number of halogens is 1. The highest BCUT2D eigenvalue weighted by Gasteiger charge is 2.38. The number of hydrogen-bond acceptors (Lipinski definition) is 4. The fraction of sp³-hybridized carbons (Fsp3) is 0.158. The van der Waals surface area contributed by atoms with Crippen molar-refractivity contribution in [3.05, 3.63) is 58.6 Å². The third-order valence-corrected chi connectivity index (χ3v) is 4.82. The van der Waals surface area contributed by atoms with Gasteiger partial charge in [0.1, 0.15) is 0 Å². The van der Waals surface area contributed by atoms with E-state index < -0.39 is 17.7 Å². The van der Waals surface area contributed by atoms with Crippen LogP contribution >= 0.6 is 28.1 Å². The van der Waals surface area contributed by atoms with Crippen LogP contribution < -0.4 is 10.2 Å². The maximum Gasteiger partial charge on any atom is 0.251 e. The lowest BCUT2D eigenvalue weighted by molar-refractivity contribution is -0.130. The molecule has 0 radical (unpaired) electrons. The standard InChI is InChI=1S/C19H16BrN3O2S/c1-2-12-3-7-14(8-4-12)21-11-16-17(24)22-19(26)23(18(16)25)15-9-5-13(20)6-10-15/h3-11,16H,2H2,1H3,(H,22,24,26)/t16-/m0/s1. The number of anilines is 1. The number of benzene rings is 2. The van der Waals surface area contributed by atoms with E-state index in [1.807, 2.05) is 24.3 Å². The van der Waals surface area contributed by atoms with Crippen LogP contribution in [0.2, 0.25) is 0 Å². The molecular formula is C19H16BrN3O2S. The highest BCUT2D eigenvalue weighted by molar-refractivity contribution is 9.10. The molecule has 1 heterocycles. The first kappa shape index (κ1) is 18.4. The van der Waals surface area contributed by atoms with E-state index >= 15 is 0 Å². The summed E-state index contributed by atoms with van der Waals surface area (Å²) in [4.78, 5) is 30.7. The fourth-order valence-corrected chi connectivity index (χ4v) is 3.10. The largest absolute Gasteiger partial charge is 0.301 e. The lowest BCUT2D eigenvalue weighted by Crippen LogP contribution is -2.58. The summed E-state index contributed by atoms with van der Waals surface area (Å²) >= 11 is 8.53. The van der Waals surface area contributed by atoms with E-state index in [1.54, 1.807) is 24.3 Å². The van der Waals surface area contributed by atoms with Crippen LogP contribution in [0, 0.1) is 5.92 Å². The molecule has 2 aromatic carbocycles. The fourth-order valence-electron chi connectivity index (χ4n) is 2.53. The minimum atomic E-state index is -1.03. The monoisotopic (exact) mass is 429 g/mol. The van der Waals surface area contributed by atoms with Crippen molar-refractivity contribution in [3.63, 3.8) is 0 Å². The smallest absolute Gasteiger partial charge is 0.251 e. The predicted octanol–water partition coefficient (Wildman–Crippen LogP) is 3.78. The second-order valence-electron chi connectivity index (χ2n) is 5.72. The molecule has 0 bridgehead atoms. The summed E-state index contributed by atoms with van der Waals surface area (Å²) in [5.41, 5.74) is 2.47. The number of nitrogens with one attached hydrogen (secondary N) is 1. The van der Waals surface area contributed by atoms with Crippen molar-refractivity contribution >= 4 is 62.7 Å². The zero-order valence-electron chi connectivity index (χ0n) is 14.0. The van der Waals surface area contributed by atoms with Crippen LogP contribution in [0.25, 0.3) is 0 Å². The molecule has 26 heavy (non-hydrogen) atoms. The van der Waals surface area contributed by atoms with Gasteiger partial charge >= 0.3 is 0 Å². The van der Waals surface area contributed by atoms with E-state index in [-0.39, 0.29) is 5.11 Å². The summed E-state index contributed by atoms with van der Waals surface area (Å²) in [6, 6.07) is 14.8. The normalized spacial score (nSPS) is 17.7. The molecule has 2 amide bonds. The van der Waals surface area contributed by atoms with E-state index in [0.717, 1.165) is 10.9 Å². The molecule has 0 spiro atoms. The number of aryl methyl sites for hydroxylation is 1. The van der Waals surface area contributed by atoms with Crippen molar-refractivity contribution in [1.29, 1.82) is 0 Å². The maximum absolute atomic E-state index is 12.8. The molecule has 7 heteroatoms. The first-order chi connectivity index (χ1) is 12.5. The Kier molecular flexibility index (Phi) is 5.58. The van der Waals surface area contributed by atoms with Crippen molar-refractivity contribution in [3.8, 4) is 0 Å². The van der Waals surface area contributed by atoms with Gasteiger partial charge in [0.25, 0.3) is 5.91 Å². The molecule has 0 unspecified atom stereocenters. The van der Waals surface area contributed by atoms with Gasteiger partial charge in [0.05, 0.1) is 11.4 Å². The third-order valence-electron chi connectivity index (χ3n) is 4.00. The van der Waals surface area contributed by atoms with Gasteiger partial charge in [-0.1, -0.05) is 35.0 Å². The summed E-state index contributed by atoms with van der Waals surface area (Å²) < 4.78 is 0.884. The molecule has 0 aromatic heterocycles. The van der Waals surface area contributed by atoms with Gasteiger partial charge in [-0.05, 0) is 60.6 Å². The first-order valence-corrected chi connectivity index (χ1v) is 9.27. The maximum atomic E-state index is 12.8. The van der Waals surface area contributed by atoms with Gasteiger partial charge in [-0.25, -0.2) is 0 Å². The van der Waals surface area contributed by atoms with Gasteiger partial charge in [0.2, 0.25) is 5.91 Å². The van der Waals surface area contributed by atoms with Crippen molar-refractivity contribution in [2.45, 2.75) is 13.3 Å². The van der Waals surface area contributed by atoms with Gasteiger partial charge in [-0.15, -0.1) is 0 Å². The molecule has 1 aliphatic heterocycles. The summed E-state index contributed by atoms with van der Waals surface area (Å²) in [7, 11) is 0. The Bertz CT molecular complexity index is 879. The van der Waals surface area contributed by atoms with Crippen LogP contribution in [0.1, 0.15) is 12.5 Å². The third kappa shape index (κ3) is 3.89. The Labute approximate surface area is 165 Å². The average Bonchev–Trinajstić information content (AvgIpc) is 2.63. The molecule has 1 saturated heterocycles. The van der Waals surface area contributed by atoms with Crippen molar-refractivity contribution < 1.29 is 9.59 Å². The highest BCUT2D eigenvalue weighted by Crippen LogP contribution is 2.23. The molecule has 132 valence electrons. The Hall–Kier alpha value is -2.38. The van der Waals surface area contributed by atoms with Crippen LogP contribution in [0.15, 0.2) is 58.0 Å². The molecule has 2 aromatic rings. The molecule has 0 saturated carbocycles. The van der Waals surface area contributed by atoms with Gasteiger partial charge < -0.3 is 5.32 Å². The number of aliphatic imine (C=N–C) groups is 1. The van der Waals surface area contributed by atoms with Gasteiger partial charge in [-0.2, -0.15) is 0 Å². The number of carbonyl (C=O) groups excluding carboxylic acids is 2. The van der Waals surface area contributed by atoms with Crippen molar-refractivity contribution in [2.75, 3.05) is 4.90 Å². The van der Waals surface area contributed by atoms with Crippen LogP contribution in [0.4, 0.5) is 11.4 Å². The van der Waals surface area contributed by atoms with Crippen molar-refractivity contribution in [1.82, 2.24) is 5.32 Å². The molecule has 1 atom stereocenters. The summed E-state index contributed by atoms with van der Waals surface area (Å²) in [5.74, 6) is -1.92. The zero-order valence-corrected chi connectivity index (χ0v) is 16.4. The van der Waals surface area contributed by atoms with Crippen LogP contribution in [-0.2, 0) is 16.0 Å². The first-order valence-electron chi connectivity index (χ1n) is 8.07. The highest BCUT2D eigenvalue weighted by atomic mass is 79.9.